The van der Waals surface area contributed by atoms with E-state index in [0.29, 0.717) is 11.8 Å². The normalized spacial score (nSPS) is 18.9. The summed E-state index contributed by atoms with van der Waals surface area (Å²) < 4.78 is 27.5. The first kappa shape index (κ1) is 15.9. The van der Waals surface area contributed by atoms with E-state index in [1.807, 2.05) is 18.2 Å². The van der Waals surface area contributed by atoms with Crippen LogP contribution in [0.5, 0.6) is 0 Å². The molecule has 0 aromatic carbocycles. The molecule has 0 amide bonds. The van der Waals surface area contributed by atoms with E-state index >= 15 is 0 Å². The summed E-state index contributed by atoms with van der Waals surface area (Å²) in [4.78, 5) is 4.16. The molecule has 0 radical (unpaired) electrons. The molecule has 0 spiro atoms. The van der Waals surface area contributed by atoms with Gasteiger partial charge in [0.15, 0.2) is 0 Å². The Balaban J connectivity index is 1.96. The van der Waals surface area contributed by atoms with E-state index in [0.717, 1.165) is 31.4 Å². The van der Waals surface area contributed by atoms with E-state index in [4.69, 9.17) is 0 Å². The molecule has 1 heterocycles. The molecule has 20 heavy (non-hydrogen) atoms. The topological polar surface area (TPSA) is 59.1 Å². The van der Waals surface area contributed by atoms with Gasteiger partial charge in [-0.05, 0) is 25.0 Å². The van der Waals surface area contributed by atoms with E-state index < -0.39 is 10.0 Å². The van der Waals surface area contributed by atoms with Gasteiger partial charge < -0.3 is 0 Å². The summed E-state index contributed by atoms with van der Waals surface area (Å²) in [5.41, 5.74) is 0.524. The average Bonchev–Trinajstić information content (AvgIpc) is 2.47. The van der Waals surface area contributed by atoms with Gasteiger partial charge in [0, 0.05) is 29.2 Å². The average molecular weight is 361 g/mol. The third kappa shape index (κ3) is 4.53. The highest BCUT2D eigenvalue weighted by molar-refractivity contribution is 9.09. The van der Waals surface area contributed by atoms with Crippen LogP contribution in [0.3, 0.4) is 0 Å². The number of hydrogen-bond acceptors (Lipinski definition) is 3. The van der Waals surface area contributed by atoms with E-state index in [-0.39, 0.29) is 11.3 Å². The first-order valence-corrected chi connectivity index (χ1v) is 9.80. The van der Waals surface area contributed by atoms with Crippen molar-refractivity contribution in [3.05, 3.63) is 30.1 Å². The molecule has 1 N–H and O–H groups in total. The third-order valence-corrected chi connectivity index (χ3v) is 6.35. The lowest BCUT2D eigenvalue weighted by Gasteiger charge is -2.36. The maximum atomic E-state index is 12.3. The smallest absolute Gasteiger partial charge is 0.212 e. The number of alkyl halides is 1. The number of nitrogens with zero attached hydrogens (tertiary/aromatic N) is 1. The summed E-state index contributed by atoms with van der Waals surface area (Å²) >= 11 is 3.48. The summed E-state index contributed by atoms with van der Waals surface area (Å²) in [6.07, 6.45) is 7.36. The molecule has 0 saturated heterocycles. The minimum absolute atomic E-state index is 0.0960. The Morgan fingerprint density at radius 2 is 2.00 bits per heavy atom. The predicted octanol–water partition coefficient (Wildman–Crippen LogP) is 2.64. The van der Waals surface area contributed by atoms with Crippen molar-refractivity contribution in [3.8, 4) is 0 Å². The number of aromatic nitrogens is 1. The van der Waals surface area contributed by atoms with Crippen molar-refractivity contribution in [2.45, 2.75) is 44.1 Å². The van der Waals surface area contributed by atoms with Crippen LogP contribution in [-0.4, -0.2) is 30.0 Å². The van der Waals surface area contributed by atoms with Gasteiger partial charge in [0.1, 0.15) is 0 Å². The van der Waals surface area contributed by atoms with Crippen molar-refractivity contribution in [3.63, 3.8) is 0 Å². The lowest BCUT2D eigenvalue weighted by atomic mass is 9.84. The Morgan fingerprint density at radius 1 is 1.25 bits per heavy atom. The first-order chi connectivity index (χ1) is 9.55. The predicted molar refractivity (Wildman–Crippen MR) is 84.5 cm³/mol. The molecule has 1 saturated carbocycles. The summed E-state index contributed by atoms with van der Waals surface area (Å²) in [6.45, 7) is 0. The number of halogens is 1. The molecule has 4 nitrogen and oxygen atoms in total. The summed E-state index contributed by atoms with van der Waals surface area (Å²) in [7, 11) is -3.27. The van der Waals surface area contributed by atoms with Crippen molar-refractivity contribution in [2.24, 2.45) is 0 Å². The monoisotopic (exact) mass is 360 g/mol. The van der Waals surface area contributed by atoms with Gasteiger partial charge in [-0.25, -0.2) is 13.1 Å². The maximum absolute atomic E-state index is 12.3. The van der Waals surface area contributed by atoms with Crippen molar-refractivity contribution in [2.75, 3.05) is 11.1 Å². The highest BCUT2D eigenvalue weighted by atomic mass is 79.9. The molecule has 6 heteroatoms. The molecule has 1 aliphatic carbocycles. The zero-order valence-corrected chi connectivity index (χ0v) is 13.9. The Hall–Kier alpha value is -0.460. The summed E-state index contributed by atoms with van der Waals surface area (Å²) in [6, 6.07) is 5.57. The number of aryl methyl sites for hydroxylation is 1. The van der Waals surface area contributed by atoms with Crippen LogP contribution < -0.4 is 4.72 Å². The largest absolute Gasteiger partial charge is 0.261 e. The van der Waals surface area contributed by atoms with Gasteiger partial charge in [-0.2, -0.15) is 0 Å². The van der Waals surface area contributed by atoms with Crippen LogP contribution in [-0.2, 0) is 16.4 Å². The molecular weight excluding hydrogens is 340 g/mol. The van der Waals surface area contributed by atoms with Gasteiger partial charge in [0.05, 0.1) is 5.75 Å². The zero-order chi connectivity index (χ0) is 14.5. The number of nitrogens with one attached hydrogen (secondary N) is 1. The lowest BCUT2D eigenvalue weighted by molar-refractivity contribution is 0.301. The van der Waals surface area contributed by atoms with Gasteiger partial charge in [0.2, 0.25) is 10.0 Å². The van der Waals surface area contributed by atoms with E-state index in [9.17, 15) is 8.42 Å². The maximum Gasteiger partial charge on any atom is 0.212 e. The minimum atomic E-state index is -3.27. The number of rotatable bonds is 6. The van der Waals surface area contributed by atoms with Crippen LogP contribution in [0, 0.1) is 0 Å². The van der Waals surface area contributed by atoms with Crippen LogP contribution in [0.2, 0.25) is 0 Å². The molecule has 0 bridgehead atoms. The number of hydrogen-bond donors (Lipinski definition) is 1. The van der Waals surface area contributed by atoms with Gasteiger partial charge in [0.25, 0.3) is 0 Å². The van der Waals surface area contributed by atoms with Crippen LogP contribution in [0.4, 0.5) is 0 Å². The van der Waals surface area contributed by atoms with Crippen molar-refractivity contribution < 1.29 is 8.42 Å². The highest BCUT2D eigenvalue weighted by Crippen LogP contribution is 2.30. The van der Waals surface area contributed by atoms with Gasteiger partial charge >= 0.3 is 0 Å². The molecule has 112 valence electrons. The fourth-order valence-corrected chi connectivity index (χ4v) is 5.06. The van der Waals surface area contributed by atoms with Gasteiger partial charge in [-0.3, -0.25) is 4.98 Å². The molecule has 1 aliphatic rings. The third-order valence-electron chi connectivity index (χ3n) is 3.79. The molecule has 0 unspecified atom stereocenters. The first-order valence-electron chi connectivity index (χ1n) is 7.03. The second-order valence-corrected chi connectivity index (χ2v) is 7.87. The Labute approximate surface area is 129 Å². The molecule has 0 aliphatic heterocycles. The van der Waals surface area contributed by atoms with Crippen molar-refractivity contribution >= 4 is 26.0 Å². The van der Waals surface area contributed by atoms with Crippen molar-refractivity contribution in [1.82, 2.24) is 9.71 Å². The molecule has 2 rings (SSSR count). The van der Waals surface area contributed by atoms with Crippen LogP contribution in [0.1, 0.15) is 37.8 Å². The van der Waals surface area contributed by atoms with Gasteiger partial charge in [-0.15, -0.1) is 0 Å². The minimum Gasteiger partial charge on any atom is -0.261 e. The fraction of sp³-hybridized carbons (Fsp3) is 0.643. The Morgan fingerprint density at radius 3 is 2.60 bits per heavy atom. The Bertz CT molecular complexity index is 513. The molecule has 0 atom stereocenters. The second-order valence-electron chi connectivity index (χ2n) is 5.47. The standard InChI is InChI=1S/C14H21BrN2O2S/c15-12-14(8-3-1-4-9-14)17-20(18,19)11-7-13-6-2-5-10-16-13/h2,5-6,10,17H,1,3-4,7-9,11-12H2. The second kappa shape index (κ2) is 7.00. The molecular formula is C14H21BrN2O2S. The fourth-order valence-electron chi connectivity index (χ4n) is 2.66. The van der Waals surface area contributed by atoms with Gasteiger partial charge in [-0.1, -0.05) is 41.3 Å². The lowest BCUT2D eigenvalue weighted by Crippen LogP contribution is -2.51. The molecule has 1 aromatic heterocycles. The Kier molecular flexibility index (Phi) is 5.57. The van der Waals surface area contributed by atoms with Crippen molar-refractivity contribution in [1.29, 1.82) is 0 Å². The van der Waals surface area contributed by atoms with E-state index in [2.05, 4.69) is 25.6 Å². The highest BCUT2D eigenvalue weighted by Gasteiger charge is 2.34. The van der Waals surface area contributed by atoms with E-state index in [1.54, 1.807) is 6.20 Å². The molecule has 1 fully saturated rings. The van der Waals surface area contributed by atoms with Crippen LogP contribution >= 0.6 is 15.9 Å². The number of pyridine rings is 1. The quantitative estimate of drug-likeness (QED) is 0.793. The number of sulfonamides is 1. The summed E-state index contributed by atoms with van der Waals surface area (Å²) in [5.74, 6) is 0.0960. The SMILES string of the molecule is O=S(=O)(CCc1ccccn1)NC1(CBr)CCCCC1. The van der Waals surface area contributed by atoms with E-state index in [1.165, 1.54) is 6.42 Å². The summed E-state index contributed by atoms with van der Waals surface area (Å²) in [5, 5.41) is 0.683. The van der Waals surface area contributed by atoms with Crippen LogP contribution in [0.25, 0.3) is 0 Å². The molecule has 1 aromatic rings. The zero-order valence-electron chi connectivity index (χ0n) is 11.5. The van der Waals surface area contributed by atoms with Crippen LogP contribution in [0.15, 0.2) is 24.4 Å².